The number of benzene rings is 2. The van der Waals surface area contributed by atoms with Crippen molar-refractivity contribution < 1.29 is 4.79 Å². The number of anilines is 3. The minimum absolute atomic E-state index is 0.789. The number of hydrogen-bond acceptors (Lipinski definition) is 5. The molecule has 0 aliphatic heterocycles. The zero-order chi connectivity index (χ0) is 23.2. The van der Waals surface area contributed by atoms with Crippen molar-refractivity contribution in [3.63, 3.8) is 0 Å². The summed E-state index contributed by atoms with van der Waals surface area (Å²) >= 11 is 5.23. The van der Waals surface area contributed by atoms with Gasteiger partial charge in [0.15, 0.2) is 6.29 Å². The van der Waals surface area contributed by atoms with Gasteiger partial charge in [-0.1, -0.05) is 48.4 Å². The highest BCUT2D eigenvalue weighted by Gasteiger charge is 2.16. The SMILES string of the molecule is CCC=C(SCc1ccc(C=O)s1)c1ccc(N(c2ccc(C)cc2)c2ccc(C)cc2)s1. The van der Waals surface area contributed by atoms with Gasteiger partial charge in [0.25, 0.3) is 0 Å². The summed E-state index contributed by atoms with van der Waals surface area (Å²) in [5.41, 5.74) is 4.83. The molecule has 2 nitrogen and oxygen atoms in total. The van der Waals surface area contributed by atoms with Gasteiger partial charge in [-0.05, 0) is 68.8 Å². The van der Waals surface area contributed by atoms with E-state index in [4.69, 9.17) is 0 Å². The molecule has 0 amide bonds. The van der Waals surface area contributed by atoms with E-state index in [0.29, 0.717) is 0 Å². The summed E-state index contributed by atoms with van der Waals surface area (Å²) in [7, 11) is 0. The first-order valence-electron chi connectivity index (χ1n) is 11.0. The Kier molecular flexibility index (Phi) is 7.86. The van der Waals surface area contributed by atoms with Crippen LogP contribution in [0.25, 0.3) is 4.91 Å². The van der Waals surface area contributed by atoms with E-state index < -0.39 is 0 Å². The Balaban J connectivity index is 1.64. The number of carbonyl (C=O) groups excluding carboxylic acids is 1. The third-order valence-electron chi connectivity index (χ3n) is 5.20. The molecular formula is C28H27NOS3. The van der Waals surface area contributed by atoms with E-state index in [1.54, 1.807) is 11.3 Å². The number of aryl methyl sites for hydroxylation is 2. The number of thioether (sulfide) groups is 1. The van der Waals surface area contributed by atoms with Gasteiger partial charge in [0, 0.05) is 31.8 Å². The maximum atomic E-state index is 11.0. The molecule has 0 aliphatic rings. The van der Waals surface area contributed by atoms with Crippen molar-refractivity contribution >= 4 is 62.0 Å². The normalized spacial score (nSPS) is 11.5. The fourth-order valence-corrected chi connectivity index (χ4v) is 6.68. The lowest BCUT2D eigenvalue weighted by molar-refractivity contribution is 0.112. The van der Waals surface area contributed by atoms with E-state index in [1.165, 1.54) is 30.8 Å². The molecule has 2 aromatic carbocycles. The van der Waals surface area contributed by atoms with Crippen LogP contribution in [0.2, 0.25) is 0 Å². The predicted molar refractivity (Wildman–Crippen MR) is 148 cm³/mol. The number of allylic oxidation sites excluding steroid dienone is 1. The topological polar surface area (TPSA) is 20.3 Å². The van der Waals surface area contributed by atoms with Crippen LogP contribution in [0.5, 0.6) is 0 Å². The van der Waals surface area contributed by atoms with Crippen LogP contribution in [0, 0.1) is 13.8 Å². The monoisotopic (exact) mass is 489 g/mol. The van der Waals surface area contributed by atoms with Gasteiger partial charge >= 0.3 is 0 Å². The molecule has 0 saturated carbocycles. The van der Waals surface area contributed by atoms with E-state index >= 15 is 0 Å². The lowest BCUT2D eigenvalue weighted by Gasteiger charge is -2.24. The molecule has 0 saturated heterocycles. The van der Waals surface area contributed by atoms with Crippen molar-refractivity contribution in [1.82, 2.24) is 0 Å². The number of thiophene rings is 2. The molecular weight excluding hydrogens is 463 g/mol. The van der Waals surface area contributed by atoms with Crippen molar-refractivity contribution in [2.45, 2.75) is 32.9 Å². The molecule has 4 rings (SSSR count). The smallest absolute Gasteiger partial charge is 0.160 e. The first-order valence-corrected chi connectivity index (χ1v) is 13.6. The van der Waals surface area contributed by atoms with E-state index in [0.717, 1.165) is 34.7 Å². The Morgan fingerprint density at radius 1 is 0.848 bits per heavy atom. The molecule has 0 atom stereocenters. The fourth-order valence-electron chi connectivity index (χ4n) is 3.47. The maximum absolute atomic E-state index is 11.0. The Morgan fingerprint density at radius 2 is 1.48 bits per heavy atom. The molecule has 5 heteroatoms. The summed E-state index contributed by atoms with van der Waals surface area (Å²) in [5.74, 6) is 0.872. The van der Waals surface area contributed by atoms with Crippen molar-refractivity contribution in [3.05, 3.63) is 105 Å². The van der Waals surface area contributed by atoms with Crippen LogP contribution >= 0.6 is 34.4 Å². The van der Waals surface area contributed by atoms with Gasteiger partial charge in [-0.15, -0.1) is 34.4 Å². The lowest BCUT2D eigenvalue weighted by atomic mass is 10.1. The highest BCUT2D eigenvalue weighted by atomic mass is 32.2. The molecule has 0 bridgehead atoms. The fraction of sp³-hybridized carbons (Fsp3) is 0.179. The van der Waals surface area contributed by atoms with Gasteiger partial charge in [0.2, 0.25) is 0 Å². The van der Waals surface area contributed by atoms with Crippen LogP contribution < -0.4 is 4.90 Å². The van der Waals surface area contributed by atoms with E-state index in [2.05, 4.69) is 98.5 Å². The standard InChI is InChI=1S/C28H27NOS3/c1-4-5-26(31-19-25-15-14-24(18-30)32-25)27-16-17-28(33-27)29(22-10-6-20(2)7-11-22)23-12-8-21(3)9-13-23/h5-18H,4,19H2,1-3H3. The van der Waals surface area contributed by atoms with Gasteiger partial charge in [-0.3, -0.25) is 4.79 Å². The zero-order valence-corrected chi connectivity index (χ0v) is 21.5. The second-order valence-corrected chi connectivity index (χ2v) is 11.1. The van der Waals surface area contributed by atoms with Gasteiger partial charge in [0.05, 0.1) is 4.88 Å². The first kappa shape index (κ1) is 23.6. The average Bonchev–Trinajstić information content (AvgIpc) is 3.49. The van der Waals surface area contributed by atoms with Gasteiger partial charge in [0.1, 0.15) is 5.00 Å². The first-order chi connectivity index (χ1) is 16.1. The molecule has 2 heterocycles. The Bertz CT molecular complexity index is 1190. The summed E-state index contributed by atoms with van der Waals surface area (Å²) in [5, 5.41) is 1.19. The third kappa shape index (κ3) is 5.85. The molecule has 0 radical (unpaired) electrons. The summed E-state index contributed by atoms with van der Waals surface area (Å²) in [4.78, 5) is 17.9. The van der Waals surface area contributed by atoms with Crippen LogP contribution in [0.15, 0.2) is 78.9 Å². The molecule has 0 spiro atoms. The number of nitrogens with zero attached hydrogens (tertiary/aromatic N) is 1. The van der Waals surface area contributed by atoms with Gasteiger partial charge in [-0.2, -0.15) is 0 Å². The quantitative estimate of drug-likeness (QED) is 0.218. The van der Waals surface area contributed by atoms with E-state index in [1.807, 2.05) is 29.2 Å². The number of carbonyl (C=O) groups is 1. The molecule has 4 aromatic rings. The Morgan fingerprint density at radius 3 is 2.03 bits per heavy atom. The minimum atomic E-state index is 0.789. The predicted octanol–water partition coefficient (Wildman–Crippen LogP) is 9.39. The van der Waals surface area contributed by atoms with Crippen LogP contribution in [0.4, 0.5) is 16.4 Å². The van der Waals surface area contributed by atoms with Crippen LogP contribution in [-0.4, -0.2) is 6.29 Å². The summed E-state index contributed by atoms with van der Waals surface area (Å²) in [6.07, 6.45) is 4.22. The second-order valence-electron chi connectivity index (χ2n) is 7.83. The number of rotatable bonds is 9. The minimum Gasteiger partial charge on any atom is -0.302 e. The van der Waals surface area contributed by atoms with E-state index in [-0.39, 0.29) is 0 Å². The maximum Gasteiger partial charge on any atom is 0.160 e. The zero-order valence-electron chi connectivity index (χ0n) is 19.1. The van der Waals surface area contributed by atoms with Crippen molar-refractivity contribution in [2.75, 3.05) is 4.90 Å². The van der Waals surface area contributed by atoms with Crippen LogP contribution in [0.1, 0.15) is 43.9 Å². The molecule has 0 fully saturated rings. The van der Waals surface area contributed by atoms with Crippen molar-refractivity contribution in [2.24, 2.45) is 0 Å². The highest BCUT2D eigenvalue weighted by Crippen LogP contribution is 2.43. The molecule has 0 aliphatic carbocycles. The second kappa shape index (κ2) is 11.0. The summed E-state index contributed by atoms with van der Waals surface area (Å²) < 4.78 is 0. The van der Waals surface area contributed by atoms with Crippen molar-refractivity contribution in [1.29, 1.82) is 0 Å². The molecule has 168 valence electrons. The van der Waals surface area contributed by atoms with Crippen molar-refractivity contribution in [3.8, 4) is 0 Å². The number of aldehydes is 1. The Hall–Kier alpha value is -2.60. The molecule has 0 N–H and O–H groups in total. The third-order valence-corrected chi connectivity index (χ3v) is 8.78. The summed E-state index contributed by atoms with van der Waals surface area (Å²) in [6.45, 7) is 6.41. The highest BCUT2D eigenvalue weighted by molar-refractivity contribution is 8.07. The number of hydrogen-bond donors (Lipinski definition) is 0. The molecule has 0 unspecified atom stereocenters. The Labute approximate surface area is 208 Å². The average molecular weight is 490 g/mol. The van der Waals surface area contributed by atoms with Crippen LogP contribution in [-0.2, 0) is 5.75 Å². The summed E-state index contributed by atoms with van der Waals surface area (Å²) in [6, 6.07) is 25.8. The molecule has 33 heavy (non-hydrogen) atoms. The van der Waals surface area contributed by atoms with E-state index in [9.17, 15) is 4.79 Å². The van der Waals surface area contributed by atoms with Crippen LogP contribution in [0.3, 0.4) is 0 Å². The lowest BCUT2D eigenvalue weighted by Crippen LogP contribution is -2.08. The van der Waals surface area contributed by atoms with Gasteiger partial charge < -0.3 is 4.90 Å². The largest absolute Gasteiger partial charge is 0.302 e. The van der Waals surface area contributed by atoms with Gasteiger partial charge in [-0.25, -0.2) is 0 Å². The molecule has 2 aromatic heterocycles.